The van der Waals surface area contributed by atoms with E-state index in [4.69, 9.17) is 5.11 Å². The molecular formula is C22H27NO5S. The zero-order chi connectivity index (χ0) is 21.4. The fraction of sp³-hybridized carbons (Fsp3) is 0.318. The first-order valence-corrected chi connectivity index (χ1v) is 11.0. The van der Waals surface area contributed by atoms with Crippen LogP contribution in [-0.4, -0.2) is 24.6 Å². The average Bonchev–Trinajstić information content (AvgIpc) is 2.66. The van der Waals surface area contributed by atoms with Crippen LogP contribution in [0.4, 0.5) is 5.69 Å². The molecule has 0 aliphatic carbocycles. The van der Waals surface area contributed by atoms with Crippen molar-refractivity contribution in [3.63, 3.8) is 0 Å². The van der Waals surface area contributed by atoms with Gasteiger partial charge in [0.15, 0.2) is 0 Å². The van der Waals surface area contributed by atoms with Gasteiger partial charge in [-0.25, -0.2) is 8.42 Å². The minimum absolute atomic E-state index is 0.0469. The summed E-state index contributed by atoms with van der Waals surface area (Å²) in [5.74, 6) is -0.732. The number of phenolic OH excluding ortho intramolecular Hbond substituents is 1. The van der Waals surface area contributed by atoms with Gasteiger partial charge in [0, 0.05) is 12.0 Å². The van der Waals surface area contributed by atoms with Gasteiger partial charge in [0.05, 0.1) is 10.6 Å². The number of unbranched alkanes of at least 4 members (excludes halogenated alkanes) is 3. The van der Waals surface area contributed by atoms with E-state index in [1.807, 2.05) is 6.07 Å². The Hall–Kier alpha value is -2.80. The summed E-state index contributed by atoms with van der Waals surface area (Å²) in [6.45, 7) is 5.39. The highest BCUT2D eigenvalue weighted by atomic mass is 32.2. The van der Waals surface area contributed by atoms with Crippen molar-refractivity contribution in [1.29, 1.82) is 0 Å². The van der Waals surface area contributed by atoms with Crippen molar-refractivity contribution in [2.24, 2.45) is 0 Å². The van der Waals surface area contributed by atoms with E-state index in [1.165, 1.54) is 18.2 Å². The quantitative estimate of drug-likeness (QED) is 0.362. The Morgan fingerprint density at radius 2 is 1.86 bits per heavy atom. The number of carbonyl (C=O) groups is 1. The number of aliphatic carboxylic acids is 1. The highest BCUT2D eigenvalue weighted by Gasteiger charge is 2.18. The Balaban J connectivity index is 2.07. The lowest BCUT2D eigenvalue weighted by Gasteiger charge is -2.14. The first-order valence-electron chi connectivity index (χ1n) is 9.52. The van der Waals surface area contributed by atoms with Crippen LogP contribution in [0, 0.1) is 6.92 Å². The number of hydrogen-bond acceptors (Lipinski definition) is 4. The SMILES string of the molecule is C=Cc1cc(O)cc(C)c1NS(=O)(=O)c1cccc(CCCCCCC(=O)O)c1. The van der Waals surface area contributed by atoms with Crippen LogP contribution in [-0.2, 0) is 21.2 Å². The minimum atomic E-state index is -3.80. The first-order chi connectivity index (χ1) is 13.7. The van der Waals surface area contributed by atoms with Crippen molar-refractivity contribution < 1.29 is 23.4 Å². The molecule has 0 amide bonds. The van der Waals surface area contributed by atoms with Crippen LogP contribution in [0.2, 0.25) is 0 Å². The molecule has 3 N–H and O–H groups in total. The van der Waals surface area contributed by atoms with E-state index >= 15 is 0 Å². The fourth-order valence-electron chi connectivity index (χ4n) is 3.12. The Kier molecular flexibility index (Phi) is 7.84. The van der Waals surface area contributed by atoms with E-state index in [-0.39, 0.29) is 17.1 Å². The smallest absolute Gasteiger partial charge is 0.303 e. The van der Waals surface area contributed by atoms with Gasteiger partial charge >= 0.3 is 5.97 Å². The number of aryl methyl sites for hydroxylation is 2. The molecule has 156 valence electrons. The van der Waals surface area contributed by atoms with Crippen molar-refractivity contribution in [3.8, 4) is 5.75 Å². The molecule has 0 saturated heterocycles. The molecule has 0 saturated carbocycles. The van der Waals surface area contributed by atoms with Crippen LogP contribution >= 0.6 is 0 Å². The maximum atomic E-state index is 12.9. The highest BCUT2D eigenvalue weighted by Crippen LogP contribution is 2.29. The normalized spacial score (nSPS) is 11.2. The number of hydrogen-bond donors (Lipinski definition) is 3. The predicted octanol–water partition coefficient (Wildman–Crippen LogP) is 4.72. The summed E-state index contributed by atoms with van der Waals surface area (Å²) in [5.41, 5.74) is 2.41. The summed E-state index contributed by atoms with van der Waals surface area (Å²) in [6.07, 6.45) is 5.68. The number of phenols is 1. The molecule has 0 fully saturated rings. The van der Waals surface area contributed by atoms with Gasteiger partial charge < -0.3 is 10.2 Å². The molecule has 0 aliphatic heterocycles. The van der Waals surface area contributed by atoms with E-state index in [9.17, 15) is 18.3 Å². The van der Waals surface area contributed by atoms with E-state index in [0.29, 0.717) is 23.2 Å². The maximum Gasteiger partial charge on any atom is 0.303 e. The van der Waals surface area contributed by atoms with Crippen LogP contribution in [0.25, 0.3) is 6.08 Å². The minimum Gasteiger partial charge on any atom is -0.508 e. The predicted molar refractivity (Wildman–Crippen MR) is 115 cm³/mol. The molecule has 2 rings (SSSR count). The van der Waals surface area contributed by atoms with Crippen molar-refractivity contribution in [2.45, 2.75) is 50.3 Å². The molecule has 6 nitrogen and oxygen atoms in total. The molecule has 2 aromatic rings. The molecule has 0 spiro atoms. The van der Waals surface area contributed by atoms with Gasteiger partial charge in [0.1, 0.15) is 5.75 Å². The number of anilines is 1. The lowest BCUT2D eigenvalue weighted by molar-refractivity contribution is -0.137. The van der Waals surface area contributed by atoms with Crippen molar-refractivity contribution >= 4 is 27.8 Å². The molecular weight excluding hydrogens is 390 g/mol. The topological polar surface area (TPSA) is 104 Å². The van der Waals surface area contributed by atoms with Gasteiger partial charge in [-0.15, -0.1) is 0 Å². The van der Waals surface area contributed by atoms with Gasteiger partial charge in [0.2, 0.25) is 0 Å². The van der Waals surface area contributed by atoms with E-state index in [1.54, 1.807) is 25.1 Å². The van der Waals surface area contributed by atoms with E-state index < -0.39 is 16.0 Å². The Bertz CT molecular complexity index is 983. The number of sulfonamides is 1. The summed E-state index contributed by atoms with van der Waals surface area (Å²) in [7, 11) is -3.80. The van der Waals surface area contributed by atoms with Crippen molar-refractivity contribution in [2.75, 3.05) is 4.72 Å². The first kappa shape index (κ1) is 22.5. The zero-order valence-corrected chi connectivity index (χ0v) is 17.3. The highest BCUT2D eigenvalue weighted by molar-refractivity contribution is 7.92. The second kappa shape index (κ2) is 10.1. The Morgan fingerprint density at radius 3 is 2.55 bits per heavy atom. The fourth-order valence-corrected chi connectivity index (χ4v) is 4.35. The van der Waals surface area contributed by atoms with Crippen molar-refractivity contribution in [1.82, 2.24) is 0 Å². The van der Waals surface area contributed by atoms with Crippen LogP contribution in [0.15, 0.2) is 47.9 Å². The standard InChI is InChI=1S/C22H27NO5S/c1-3-18-15-19(24)13-16(2)22(18)23-29(27,28)20-11-8-10-17(14-20)9-6-4-5-7-12-21(25)26/h3,8,10-11,13-15,23-24H,1,4-7,9,12H2,2H3,(H,25,26). The number of aromatic hydroxyl groups is 1. The molecule has 0 atom stereocenters. The molecule has 7 heteroatoms. The van der Waals surface area contributed by atoms with Crippen LogP contribution in [0.3, 0.4) is 0 Å². The maximum absolute atomic E-state index is 12.9. The van der Waals surface area contributed by atoms with Gasteiger partial charge in [-0.3, -0.25) is 9.52 Å². The number of carboxylic acid groups (broad SMARTS) is 1. The van der Waals surface area contributed by atoms with Crippen LogP contribution in [0.1, 0.15) is 48.8 Å². The third kappa shape index (κ3) is 6.64. The lowest BCUT2D eigenvalue weighted by atomic mass is 10.1. The van der Waals surface area contributed by atoms with Crippen LogP contribution < -0.4 is 4.72 Å². The summed E-state index contributed by atoms with van der Waals surface area (Å²) >= 11 is 0. The summed E-state index contributed by atoms with van der Waals surface area (Å²) in [6, 6.07) is 9.75. The summed E-state index contributed by atoms with van der Waals surface area (Å²) in [5, 5.41) is 18.4. The molecule has 0 unspecified atom stereocenters. The summed E-state index contributed by atoms with van der Waals surface area (Å²) < 4.78 is 28.4. The molecule has 0 aromatic heterocycles. The third-order valence-electron chi connectivity index (χ3n) is 4.62. The molecule has 29 heavy (non-hydrogen) atoms. The zero-order valence-electron chi connectivity index (χ0n) is 16.5. The van der Waals surface area contributed by atoms with E-state index in [0.717, 1.165) is 31.2 Å². The van der Waals surface area contributed by atoms with Gasteiger partial charge in [-0.1, -0.05) is 37.6 Å². The third-order valence-corrected chi connectivity index (χ3v) is 5.97. The van der Waals surface area contributed by atoms with Gasteiger partial charge in [-0.05, 0) is 61.6 Å². The Labute approximate surface area is 172 Å². The Morgan fingerprint density at radius 1 is 1.14 bits per heavy atom. The molecule has 0 bridgehead atoms. The molecule has 0 radical (unpaired) electrons. The lowest BCUT2D eigenvalue weighted by Crippen LogP contribution is -2.15. The second-order valence-corrected chi connectivity index (χ2v) is 8.67. The van der Waals surface area contributed by atoms with Crippen LogP contribution in [0.5, 0.6) is 5.75 Å². The number of nitrogens with one attached hydrogen (secondary N) is 1. The number of carboxylic acids is 1. The second-order valence-electron chi connectivity index (χ2n) is 6.99. The molecule has 2 aromatic carbocycles. The largest absolute Gasteiger partial charge is 0.508 e. The number of benzene rings is 2. The van der Waals surface area contributed by atoms with Gasteiger partial charge in [-0.2, -0.15) is 0 Å². The van der Waals surface area contributed by atoms with Crippen molar-refractivity contribution in [3.05, 3.63) is 59.7 Å². The monoisotopic (exact) mass is 417 g/mol. The molecule has 0 heterocycles. The average molecular weight is 418 g/mol. The van der Waals surface area contributed by atoms with E-state index in [2.05, 4.69) is 11.3 Å². The molecule has 0 aliphatic rings. The number of rotatable bonds is 11. The van der Waals surface area contributed by atoms with Gasteiger partial charge in [0.25, 0.3) is 10.0 Å². The summed E-state index contributed by atoms with van der Waals surface area (Å²) in [4.78, 5) is 10.7.